The lowest BCUT2D eigenvalue weighted by Crippen LogP contribution is -2.28. The van der Waals surface area contributed by atoms with Crippen LogP contribution < -0.4 is 5.32 Å². The van der Waals surface area contributed by atoms with Gasteiger partial charge >= 0.3 is 0 Å². The van der Waals surface area contributed by atoms with Gasteiger partial charge in [-0.1, -0.05) is 44.9 Å². The third kappa shape index (κ3) is 3.73. The Labute approximate surface area is 117 Å². The summed E-state index contributed by atoms with van der Waals surface area (Å²) in [4.78, 5) is 0. The van der Waals surface area contributed by atoms with E-state index in [1.54, 1.807) is 0 Å². The van der Waals surface area contributed by atoms with Gasteiger partial charge < -0.3 is 5.32 Å². The Kier molecular flexibility index (Phi) is 6.17. The van der Waals surface area contributed by atoms with Crippen molar-refractivity contribution in [3.63, 3.8) is 0 Å². The molecule has 1 aromatic carbocycles. The Morgan fingerprint density at radius 3 is 2.39 bits per heavy atom. The quantitative estimate of drug-likeness (QED) is 0.761. The van der Waals surface area contributed by atoms with Gasteiger partial charge in [-0.3, -0.25) is 0 Å². The molecular weight excluding hydrogens is 242 g/mol. The van der Waals surface area contributed by atoms with Crippen molar-refractivity contribution in [2.24, 2.45) is 5.92 Å². The number of hydrogen-bond acceptors (Lipinski definition) is 1. The monoisotopic (exact) mass is 267 g/mol. The van der Waals surface area contributed by atoms with Gasteiger partial charge in [-0.05, 0) is 55.5 Å². The predicted octanol–water partition coefficient (Wildman–Crippen LogP) is 5.04. The molecule has 0 heterocycles. The highest BCUT2D eigenvalue weighted by Gasteiger charge is 2.19. The first-order valence-corrected chi connectivity index (χ1v) is 7.39. The summed E-state index contributed by atoms with van der Waals surface area (Å²) in [5, 5.41) is 4.55. The molecule has 1 nitrogen and oxygen atoms in total. The zero-order valence-electron chi connectivity index (χ0n) is 12.3. The van der Waals surface area contributed by atoms with Gasteiger partial charge in [-0.25, -0.2) is 0 Å². The number of halogens is 1. The van der Waals surface area contributed by atoms with Crippen LogP contribution >= 0.6 is 11.6 Å². The summed E-state index contributed by atoms with van der Waals surface area (Å²) < 4.78 is 0. The van der Waals surface area contributed by atoms with Crippen molar-refractivity contribution in [3.05, 3.63) is 33.8 Å². The molecule has 1 N–H and O–H groups in total. The van der Waals surface area contributed by atoms with E-state index in [2.05, 4.69) is 52.1 Å². The molecule has 0 aromatic heterocycles. The van der Waals surface area contributed by atoms with Gasteiger partial charge in [0.25, 0.3) is 0 Å². The molecule has 1 rings (SSSR count). The third-order valence-electron chi connectivity index (χ3n) is 3.71. The largest absolute Gasteiger partial charge is 0.310 e. The SMILES string of the molecule is CCCNC(c1cc(C)c(Cl)cc1C)C(C)CC. The van der Waals surface area contributed by atoms with Crippen LogP contribution in [0.4, 0.5) is 0 Å². The molecule has 0 bridgehead atoms. The van der Waals surface area contributed by atoms with E-state index in [0.29, 0.717) is 12.0 Å². The minimum absolute atomic E-state index is 0.436. The molecule has 0 aliphatic rings. The van der Waals surface area contributed by atoms with Crippen LogP contribution in [0.2, 0.25) is 5.02 Å². The molecule has 0 fully saturated rings. The van der Waals surface area contributed by atoms with E-state index < -0.39 is 0 Å². The fourth-order valence-electron chi connectivity index (χ4n) is 2.29. The van der Waals surface area contributed by atoms with Gasteiger partial charge in [0.05, 0.1) is 0 Å². The number of hydrogen-bond donors (Lipinski definition) is 1. The smallest absolute Gasteiger partial charge is 0.0438 e. The minimum atomic E-state index is 0.436. The maximum Gasteiger partial charge on any atom is 0.0438 e. The molecule has 0 aliphatic heterocycles. The molecule has 18 heavy (non-hydrogen) atoms. The maximum absolute atomic E-state index is 6.19. The van der Waals surface area contributed by atoms with Crippen molar-refractivity contribution in [1.82, 2.24) is 5.32 Å². The van der Waals surface area contributed by atoms with Gasteiger partial charge in [0.1, 0.15) is 0 Å². The molecule has 0 saturated heterocycles. The fraction of sp³-hybridized carbons (Fsp3) is 0.625. The molecule has 2 atom stereocenters. The Hall–Kier alpha value is -0.530. The lowest BCUT2D eigenvalue weighted by atomic mass is 9.89. The summed E-state index contributed by atoms with van der Waals surface area (Å²) in [6.45, 7) is 12.1. The molecule has 0 saturated carbocycles. The summed E-state index contributed by atoms with van der Waals surface area (Å²) in [5.41, 5.74) is 3.86. The average molecular weight is 268 g/mol. The van der Waals surface area contributed by atoms with E-state index in [1.165, 1.54) is 29.5 Å². The van der Waals surface area contributed by atoms with Crippen LogP contribution in [0, 0.1) is 19.8 Å². The standard InChI is InChI=1S/C16H26ClN/c1-6-8-18-16(11(3)7-2)14-9-13(5)15(17)10-12(14)4/h9-11,16,18H,6-8H2,1-5H3. The van der Waals surface area contributed by atoms with Crippen molar-refractivity contribution in [1.29, 1.82) is 0 Å². The summed E-state index contributed by atoms with van der Waals surface area (Å²) >= 11 is 6.19. The second-order valence-corrected chi connectivity index (χ2v) is 5.68. The second-order valence-electron chi connectivity index (χ2n) is 5.28. The third-order valence-corrected chi connectivity index (χ3v) is 4.12. The molecule has 2 unspecified atom stereocenters. The van der Waals surface area contributed by atoms with E-state index in [9.17, 15) is 0 Å². The number of benzene rings is 1. The van der Waals surface area contributed by atoms with Crippen LogP contribution in [-0.4, -0.2) is 6.54 Å². The topological polar surface area (TPSA) is 12.0 Å². The predicted molar refractivity (Wildman–Crippen MR) is 81.4 cm³/mol. The maximum atomic E-state index is 6.19. The van der Waals surface area contributed by atoms with Gasteiger partial charge in [-0.15, -0.1) is 0 Å². The number of nitrogens with one attached hydrogen (secondary N) is 1. The summed E-state index contributed by atoms with van der Waals surface area (Å²) in [5.74, 6) is 0.635. The molecule has 102 valence electrons. The Balaban J connectivity index is 3.07. The Morgan fingerprint density at radius 2 is 1.83 bits per heavy atom. The van der Waals surface area contributed by atoms with Crippen LogP contribution in [0.25, 0.3) is 0 Å². The van der Waals surface area contributed by atoms with Gasteiger partial charge in [0.15, 0.2) is 0 Å². The van der Waals surface area contributed by atoms with Crippen molar-refractivity contribution in [2.45, 2.75) is 53.5 Å². The highest BCUT2D eigenvalue weighted by atomic mass is 35.5. The first-order valence-electron chi connectivity index (χ1n) is 7.01. The van der Waals surface area contributed by atoms with Crippen LogP contribution in [0.5, 0.6) is 0 Å². The lowest BCUT2D eigenvalue weighted by Gasteiger charge is -2.27. The van der Waals surface area contributed by atoms with Gasteiger partial charge in [-0.2, -0.15) is 0 Å². The van der Waals surface area contributed by atoms with Crippen molar-refractivity contribution in [3.8, 4) is 0 Å². The van der Waals surface area contributed by atoms with Gasteiger partial charge in [0, 0.05) is 11.1 Å². The molecule has 2 heteroatoms. The average Bonchev–Trinajstić information content (AvgIpc) is 2.35. The van der Waals surface area contributed by atoms with E-state index in [4.69, 9.17) is 11.6 Å². The lowest BCUT2D eigenvalue weighted by molar-refractivity contribution is 0.376. The summed E-state index contributed by atoms with van der Waals surface area (Å²) in [6.07, 6.45) is 2.35. The Bertz CT molecular complexity index is 387. The fourth-order valence-corrected chi connectivity index (χ4v) is 2.51. The molecular formula is C16H26ClN. The van der Waals surface area contributed by atoms with E-state index in [-0.39, 0.29) is 0 Å². The second kappa shape index (κ2) is 7.16. The first-order chi connectivity index (χ1) is 8.51. The zero-order valence-corrected chi connectivity index (χ0v) is 13.1. The molecule has 1 aromatic rings. The van der Waals surface area contributed by atoms with Crippen molar-refractivity contribution >= 4 is 11.6 Å². The normalized spacial score (nSPS) is 14.6. The van der Waals surface area contributed by atoms with Crippen LogP contribution in [-0.2, 0) is 0 Å². The van der Waals surface area contributed by atoms with Crippen LogP contribution in [0.15, 0.2) is 12.1 Å². The zero-order chi connectivity index (χ0) is 13.7. The van der Waals surface area contributed by atoms with Crippen LogP contribution in [0.1, 0.15) is 56.3 Å². The number of rotatable bonds is 6. The molecule has 0 amide bonds. The molecule has 0 radical (unpaired) electrons. The van der Waals surface area contributed by atoms with Crippen LogP contribution in [0.3, 0.4) is 0 Å². The Morgan fingerprint density at radius 1 is 1.17 bits per heavy atom. The summed E-state index contributed by atoms with van der Waals surface area (Å²) in [7, 11) is 0. The summed E-state index contributed by atoms with van der Waals surface area (Å²) in [6, 6.07) is 4.78. The van der Waals surface area contributed by atoms with E-state index in [0.717, 1.165) is 11.6 Å². The highest BCUT2D eigenvalue weighted by molar-refractivity contribution is 6.31. The van der Waals surface area contributed by atoms with Crippen molar-refractivity contribution in [2.75, 3.05) is 6.54 Å². The molecule has 0 spiro atoms. The van der Waals surface area contributed by atoms with E-state index >= 15 is 0 Å². The molecule has 0 aliphatic carbocycles. The number of aryl methyl sites for hydroxylation is 2. The van der Waals surface area contributed by atoms with Gasteiger partial charge in [0.2, 0.25) is 0 Å². The van der Waals surface area contributed by atoms with Crippen molar-refractivity contribution < 1.29 is 0 Å². The minimum Gasteiger partial charge on any atom is -0.310 e. The first kappa shape index (κ1) is 15.5. The van der Waals surface area contributed by atoms with E-state index in [1.807, 2.05) is 0 Å². The highest BCUT2D eigenvalue weighted by Crippen LogP contribution is 2.30.